The van der Waals surface area contributed by atoms with Gasteiger partial charge in [0.15, 0.2) is 5.17 Å². The van der Waals surface area contributed by atoms with Gasteiger partial charge < -0.3 is 5.32 Å². The van der Waals surface area contributed by atoms with Crippen molar-refractivity contribution in [2.75, 3.05) is 13.1 Å². The van der Waals surface area contributed by atoms with E-state index in [2.05, 4.69) is 29.3 Å². The van der Waals surface area contributed by atoms with E-state index in [4.69, 9.17) is 0 Å². The lowest BCUT2D eigenvalue weighted by Crippen LogP contribution is -2.23. The summed E-state index contributed by atoms with van der Waals surface area (Å²) in [5, 5.41) is 9.47. The molecule has 2 heterocycles. The number of nitrogens with one attached hydrogen (secondary N) is 1. The van der Waals surface area contributed by atoms with Crippen LogP contribution in [0.1, 0.15) is 33.1 Å². The van der Waals surface area contributed by atoms with Gasteiger partial charge in [0, 0.05) is 30.7 Å². The molecule has 5 heteroatoms. The Labute approximate surface area is 120 Å². The lowest BCUT2D eigenvalue weighted by atomic mass is 9.99. The second-order valence-electron chi connectivity index (χ2n) is 4.93. The van der Waals surface area contributed by atoms with Gasteiger partial charge in [-0.3, -0.25) is 9.67 Å². The summed E-state index contributed by atoms with van der Waals surface area (Å²) in [5.74, 6) is 0.803. The van der Waals surface area contributed by atoms with E-state index < -0.39 is 0 Å². The quantitative estimate of drug-likeness (QED) is 0.781. The monoisotopic (exact) mass is 280 g/mol. The molecular formula is C14H24N4S. The third-order valence-electron chi connectivity index (χ3n) is 3.65. The van der Waals surface area contributed by atoms with E-state index >= 15 is 0 Å². The molecule has 0 aromatic carbocycles. The maximum atomic E-state index is 4.61. The highest BCUT2D eigenvalue weighted by molar-refractivity contribution is 8.14. The standard InChI is InChI=1S/C14H24N4S/c1-3-12(4-2)13-11-16-14(19-13)15-7-5-9-18-10-6-8-17-18/h6,8,10,12-13H,3-5,7,9,11H2,1-2H3,(H,15,16). The Morgan fingerprint density at radius 3 is 3.00 bits per heavy atom. The average molecular weight is 280 g/mol. The van der Waals surface area contributed by atoms with Gasteiger partial charge in [-0.15, -0.1) is 0 Å². The third-order valence-corrected chi connectivity index (χ3v) is 4.99. The van der Waals surface area contributed by atoms with Crippen molar-refractivity contribution in [3.8, 4) is 0 Å². The number of aromatic nitrogens is 2. The van der Waals surface area contributed by atoms with Crippen LogP contribution < -0.4 is 5.32 Å². The maximum Gasteiger partial charge on any atom is 0.156 e. The summed E-state index contributed by atoms with van der Waals surface area (Å²) in [6.07, 6.45) is 7.43. The first-order valence-electron chi connectivity index (χ1n) is 7.25. The van der Waals surface area contributed by atoms with Gasteiger partial charge in [0.1, 0.15) is 0 Å². The van der Waals surface area contributed by atoms with Gasteiger partial charge in [-0.25, -0.2) is 0 Å². The molecule has 1 aliphatic rings. The van der Waals surface area contributed by atoms with Gasteiger partial charge in [0.2, 0.25) is 0 Å². The number of hydrogen-bond acceptors (Lipinski definition) is 4. The zero-order valence-electron chi connectivity index (χ0n) is 11.9. The number of nitrogens with zero attached hydrogens (tertiary/aromatic N) is 3. The van der Waals surface area contributed by atoms with Crippen LogP contribution in [-0.4, -0.2) is 33.3 Å². The van der Waals surface area contributed by atoms with Crippen LogP contribution in [0.15, 0.2) is 23.5 Å². The second kappa shape index (κ2) is 7.58. The Morgan fingerprint density at radius 2 is 2.32 bits per heavy atom. The number of aliphatic imine (C=N–C) groups is 1. The van der Waals surface area contributed by atoms with Crippen LogP contribution in [0.3, 0.4) is 0 Å². The van der Waals surface area contributed by atoms with Crippen molar-refractivity contribution in [2.45, 2.75) is 44.9 Å². The summed E-state index contributed by atoms with van der Waals surface area (Å²) >= 11 is 1.93. The number of amidine groups is 1. The first-order valence-corrected chi connectivity index (χ1v) is 8.13. The fraction of sp³-hybridized carbons (Fsp3) is 0.714. The average Bonchev–Trinajstić information content (AvgIpc) is 3.08. The molecule has 1 aromatic rings. The summed E-state index contributed by atoms with van der Waals surface area (Å²) < 4.78 is 1.97. The highest BCUT2D eigenvalue weighted by Crippen LogP contribution is 2.30. The highest BCUT2D eigenvalue weighted by atomic mass is 32.2. The van der Waals surface area contributed by atoms with Crippen LogP contribution in [0.4, 0.5) is 0 Å². The number of hydrogen-bond donors (Lipinski definition) is 1. The van der Waals surface area contributed by atoms with E-state index in [9.17, 15) is 0 Å². The molecule has 1 aliphatic heterocycles. The van der Waals surface area contributed by atoms with Gasteiger partial charge in [0.25, 0.3) is 0 Å². The van der Waals surface area contributed by atoms with E-state index in [1.54, 1.807) is 0 Å². The summed E-state index contributed by atoms with van der Waals surface area (Å²) in [6.45, 7) is 7.49. The van der Waals surface area contributed by atoms with Crippen molar-refractivity contribution >= 4 is 16.9 Å². The predicted molar refractivity (Wildman–Crippen MR) is 82.6 cm³/mol. The number of aryl methyl sites for hydroxylation is 1. The van der Waals surface area contributed by atoms with Crippen molar-refractivity contribution in [3.63, 3.8) is 0 Å². The van der Waals surface area contributed by atoms with Gasteiger partial charge >= 0.3 is 0 Å². The SMILES string of the molecule is CCC(CC)C1CN=C(NCCCn2cccn2)S1. The molecule has 1 atom stereocenters. The molecule has 1 N–H and O–H groups in total. The van der Waals surface area contributed by atoms with Crippen molar-refractivity contribution in [1.29, 1.82) is 0 Å². The second-order valence-corrected chi connectivity index (χ2v) is 6.16. The van der Waals surface area contributed by atoms with E-state index in [1.807, 2.05) is 34.9 Å². The van der Waals surface area contributed by atoms with Crippen LogP contribution in [0, 0.1) is 5.92 Å². The molecule has 4 nitrogen and oxygen atoms in total. The maximum absolute atomic E-state index is 4.61. The molecule has 1 unspecified atom stereocenters. The normalized spacial score (nSPS) is 18.9. The van der Waals surface area contributed by atoms with Crippen molar-refractivity contribution in [3.05, 3.63) is 18.5 Å². The molecule has 0 fully saturated rings. The van der Waals surface area contributed by atoms with Gasteiger partial charge in [-0.1, -0.05) is 38.5 Å². The molecule has 0 spiro atoms. The molecular weight excluding hydrogens is 256 g/mol. The largest absolute Gasteiger partial charge is 0.365 e. The summed E-state index contributed by atoms with van der Waals surface area (Å²) in [5.41, 5.74) is 0. The summed E-state index contributed by atoms with van der Waals surface area (Å²) in [7, 11) is 0. The lowest BCUT2D eigenvalue weighted by molar-refractivity contribution is 0.479. The fourth-order valence-corrected chi connectivity index (χ4v) is 3.76. The van der Waals surface area contributed by atoms with Crippen LogP contribution in [0.2, 0.25) is 0 Å². The summed E-state index contributed by atoms with van der Waals surface area (Å²) in [6, 6.07) is 1.96. The lowest BCUT2D eigenvalue weighted by Gasteiger charge is -2.18. The minimum Gasteiger partial charge on any atom is -0.365 e. The number of rotatable bonds is 7. The third kappa shape index (κ3) is 4.27. The minimum absolute atomic E-state index is 0.684. The van der Waals surface area contributed by atoms with Crippen molar-refractivity contribution < 1.29 is 0 Å². The fourth-order valence-electron chi connectivity index (χ4n) is 2.42. The highest BCUT2D eigenvalue weighted by Gasteiger charge is 2.25. The Morgan fingerprint density at radius 1 is 1.47 bits per heavy atom. The van der Waals surface area contributed by atoms with Crippen LogP contribution in [-0.2, 0) is 6.54 Å². The van der Waals surface area contributed by atoms with Crippen LogP contribution in [0.25, 0.3) is 0 Å². The zero-order chi connectivity index (χ0) is 13.5. The molecule has 0 aliphatic carbocycles. The summed E-state index contributed by atoms with van der Waals surface area (Å²) in [4.78, 5) is 4.61. The zero-order valence-corrected chi connectivity index (χ0v) is 12.7. The van der Waals surface area contributed by atoms with E-state index in [0.29, 0.717) is 5.25 Å². The Hall–Kier alpha value is -0.970. The van der Waals surface area contributed by atoms with Crippen molar-refractivity contribution in [1.82, 2.24) is 15.1 Å². The smallest absolute Gasteiger partial charge is 0.156 e. The van der Waals surface area contributed by atoms with E-state index in [0.717, 1.165) is 37.1 Å². The molecule has 0 saturated heterocycles. The van der Waals surface area contributed by atoms with Gasteiger partial charge in [0.05, 0.1) is 6.54 Å². The van der Waals surface area contributed by atoms with E-state index in [1.165, 1.54) is 12.8 Å². The van der Waals surface area contributed by atoms with Crippen LogP contribution >= 0.6 is 11.8 Å². The Kier molecular flexibility index (Phi) is 5.76. The molecule has 0 amide bonds. The molecule has 106 valence electrons. The molecule has 19 heavy (non-hydrogen) atoms. The van der Waals surface area contributed by atoms with Crippen LogP contribution in [0.5, 0.6) is 0 Å². The first-order chi connectivity index (χ1) is 9.33. The van der Waals surface area contributed by atoms with Gasteiger partial charge in [-0.05, 0) is 18.4 Å². The molecule has 0 radical (unpaired) electrons. The first kappa shape index (κ1) is 14.4. The van der Waals surface area contributed by atoms with E-state index in [-0.39, 0.29) is 0 Å². The minimum atomic E-state index is 0.684. The van der Waals surface area contributed by atoms with Crippen molar-refractivity contribution in [2.24, 2.45) is 10.9 Å². The van der Waals surface area contributed by atoms with Gasteiger partial charge in [-0.2, -0.15) is 5.10 Å². The predicted octanol–water partition coefficient (Wildman–Crippen LogP) is 2.77. The topological polar surface area (TPSA) is 42.2 Å². The molecule has 0 saturated carbocycles. The molecule has 1 aromatic heterocycles. The Bertz CT molecular complexity index is 384. The molecule has 0 bridgehead atoms. The number of thioether (sulfide) groups is 1. The molecule has 2 rings (SSSR count). The Balaban J connectivity index is 1.62.